The average molecular weight is 306 g/mol. The topological polar surface area (TPSA) is 33.4 Å². The molecule has 1 saturated heterocycles. The third-order valence-electron chi connectivity index (χ3n) is 5.13. The van der Waals surface area contributed by atoms with E-state index in [9.17, 15) is 0 Å². The number of benzene rings is 1. The van der Waals surface area contributed by atoms with Crippen LogP contribution in [0.2, 0.25) is 0 Å². The van der Waals surface area contributed by atoms with Crippen molar-refractivity contribution < 1.29 is 0 Å². The standard InChI is InChI=1S/C19H22N4/c1-15-20-18-17(9-6-12-23(18)21-15)22-13-10-19(2,11-14-22)16-7-4-3-5-8-16/h3-9,12H,10-11,13-14H2,1-2H3. The number of rotatable bonds is 2. The van der Waals surface area contributed by atoms with E-state index in [1.54, 1.807) is 0 Å². The first-order valence-corrected chi connectivity index (χ1v) is 8.28. The highest BCUT2D eigenvalue weighted by Crippen LogP contribution is 2.36. The normalized spacial score (nSPS) is 17.6. The summed E-state index contributed by atoms with van der Waals surface area (Å²) in [7, 11) is 0. The lowest BCUT2D eigenvalue weighted by Crippen LogP contribution is -2.41. The number of aryl methyl sites for hydroxylation is 1. The van der Waals surface area contributed by atoms with Gasteiger partial charge in [0, 0.05) is 19.3 Å². The molecule has 0 unspecified atom stereocenters. The highest BCUT2D eigenvalue weighted by molar-refractivity contribution is 5.68. The van der Waals surface area contributed by atoms with Gasteiger partial charge in [-0.1, -0.05) is 37.3 Å². The minimum Gasteiger partial charge on any atom is -0.368 e. The molecule has 1 aliphatic heterocycles. The Morgan fingerprint density at radius 1 is 1.00 bits per heavy atom. The van der Waals surface area contributed by atoms with E-state index in [1.165, 1.54) is 11.3 Å². The van der Waals surface area contributed by atoms with Crippen LogP contribution in [0.4, 0.5) is 5.69 Å². The first-order valence-electron chi connectivity index (χ1n) is 8.28. The van der Waals surface area contributed by atoms with Crippen LogP contribution in [-0.4, -0.2) is 27.7 Å². The summed E-state index contributed by atoms with van der Waals surface area (Å²) in [6, 6.07) is 15.1. The van der Waals surface area contributed by atoms with Gasteiger partial charge >= 0.3 is 0 Å². The fourth-order valence-electron chi connectivity index (χ4n) is 3.62. The van der Waals surface area contributed by atoms with Crippen molar-refractivity contribution in [1.82, 2.24) is 14.6 Å². The number of pyridine rings is 1. The van der Waals surface area contributed by atoms with Crippen molar-refractivity contribution >= 4 is 11.3 Å². The summed E-state index contributed by atoms with van der Waals surface area (Å²) in [6.45, 7) is 6.44. The van der Waals surface area contributed by atoms with Gasteiger partial charge in [0.15, 0.2) is 5.65 Å². The van der Waals surface area contributed by atoms with E-state index in [2.05, 4.69) is 64.4 Å². The molecule has 4 rings (SSSR count). The first kappa shape index (κ1) is 14.2. The highest BCUT2D eigenvalue weighted by Gasteiger charge is 2.32. The molecule has 0 bridgehead atoms. The SMILES string of the molecule is Cc1nc2c(N3CCC(C)(c4ccccc4)CC3)cccn2n1. The predicted octanol–water partition coefficient (Wildman–Crippen LogP) is 3.60. The third-order valence-corrected chi connectivity index (χ3v) is 5.13. The first-order chi connectivity index (χ1) is 11.2. The molecule has 4 heteroatoms. The van der Waals surface area contributed by atoms with Crippen LogP contribution < -0.4 is 4.90 Å². The minimum atomic E-state index is 0.270. The summed E-state index contributed by atoms with van der Waals surface area (Å²) in [5.41, 5.74) is 3.89. The smallest absolute Gasteiger partial charge is 0.178 e. The number of hydrogen-bond donors (Lipinski definition) is 0. The Kier molecular flexibility index (Phi) is 3.33. The Morgan fingerprint density at radius 2 is 1.74 bits per heavy atom. The van der Waals surface area contributed by atoms with Crippen LogP contribution in [0.25, 0.3) is 5.65 Å². The van der Waals surface area contributed by atoms with Crippen molar-refractivity contribution in [2.24, 2.45) is 0 Å². The lowest BCUT2D eigenvalue weighted by molar-refractivity contribution is 0.362. The molecule has 0 N–H and O–H groups in total. The van der Waals surface area contributed by atoms with E-state index in [0.29, 0.717) is 0 Å². The second-order valence-corrected chi connectivity index (χ2v) is 6.73. The predicted molar refractivity (Wildman–Crippen MR) is 93.0 cm³/mol. The van der Waals surface area contributed by atoms with Crippen molar-refractivity contribution in [3.63, 3.8) is 0 Å². The van der Waals surface area contributed by atoms with Crippen LogP contribution in [0.3, 0.4) is 0 Å². The van der Waals surface area contributed by atoms with Crippen molar-refractivity contribution in [2.75, 3.05) is 18.0 Å². The zero-order valence-corrected chi connectivity index (χ0v) is 13.7. The quantitative estimate of drug-likeness (QED) is 0.725. The molecule has 0 spiro atoms. The molecule has 3 aromatic rings. The Hall–Kier alpha value is -2.36. The molecule has 1 aromatic carbocycles. The number of aromatic nitrogens is 3. The van der Waals surface area contributed by atoms with Gasteiger partial charge in [0.1, 0.15) is 5.82 Å². The largest absolute Gasteiger partial charge is 0.368 e. The number of piperidine rings is 1. The van der Waals surface area contributed by atoms with Gasteiger partial charge in [0.25, 0.3) is 0 Å². The summed E-state index contributed by atoms with van der Waals surface area (Å²) in [5, 5.41) is 4.42. The fourth-order valence-corrected chi connectivity index (χ4v) is 3.62. The van der Waals surface area contributed by atoms with Crippen molar-refractivity contribution in [2.45, 2.75) is 32.1 Å². The molecular weight excluding hydrogens is 284 g/mol. The maximum atomic E-state index is 4.59. The molecule has 118 valence electrons. The lowest BCUT2D eigenvalue weighted by atomic mass is 9.74. The maximum absolute atomic E-state index is 4.59. The Bertz CT molecular complexity index is 814. The van der Waals surface area contributed by atoms with Gasteiger partial charge in [0.2, 0.25) is 0 Å². The van der Waals surface area contributed by atoms with Gasteiger partial charge in [-0.25, -0.2) is 9.50 Å². The van der Waals surface area contributed by atoms with Crippen LogP contribution in [0.15, 0.2) is 48.7 Å². The monoisotopic (exact) mass is 306 g/mol. The van der Waals surface area contributed by atoms with Gasteiger partial charge in [-0.3, -0.25) is 0 Å². The van der Waals surface area contributed by atoms with Gasteiger partial charge in [-0.2, -0.15) is 5.10 Å². The van der Waals surface area contributed by atoms with E-state index in [1.807, 2.05) is 17.6 Å². The van der Waals surface area contributed by atoms with Crippen LogP contribution in [0, 0.1) is 6.92 Å². The highest BCUT2D eigenvalue weighted by atomic mass is 15.3. The molecule has 23 heavy (non-hydrogen) atoms. The molecule has 2 aromatic heterocycles. The zero-order chi connectivity index (χ0) is 15.9. The molecule has 3 heterocycles. The lowest BCUT2D eigenvalue weighted by Gasteiger charge is -2.40. The van der Waals surface area contributed by atoms with Crippen molar-refractivity contribution in [3.8, 4) is 0 Å². The Labute approximate surface area is 136 Å². The zero-order valence-electron chi connectivity index (χ0n) is 13.7. The molecule has 0 saturated carbocycles. The summed E-state index contributed by atoms with van der Waals surface area (Å²) < 4.78 is 1.88. The van der Waals surface area contributed by atoms with Crippen molar-refractivity contribution in [3.05, 3.63) is 60.0 Å². The summed E-state index contributed by atoms with van der Waals surface area (Å²) in [4.78, 5) is 7.05. The van der Waals surface area contributed by atoms with Crippen molar-refractivity contribution in [1.29, 1.82) is 0 Å². The fraction of sp³-hybridized carbons (Fsp3) is 0.368. The van der Waals surface area contributed by atoms with E-state index in [-0.39, 0.29) is 5.41 Å². The van der Waals surface area contributed by atoms with E-state index in [0.717, 1.165) is 37.4 Å². The van der Waals surface area contributed by atoms with E-state index < -0.39 is 0 Å². The van der Waals surface area contributed by atoms with Gasteiger partial charge in [-0.15, -0.1) is 0 Å². The Morgan fingerprint density at radius 3 is 2.48 bits per heavy atom. The molecule has 0 amide bonds. The molecule has 1 aliphatic rings. The molecule has 4 nitrogen and oxygen atoms in total. The van der Waals surface area contributed by atoms with Crippen LogP contribution in [0.1, 0.15) is 31.2 Å². The maximum Gasteiger partial charge on any atom is 0.178 e. The van der Waals surface area contributed by atoms with Gasteiger partial charge in [0.05, 0.1) is 5.69 Å². The summed E-state index contributed by atoms with van der Waals surface area (Å²) >= 11 is 0. The molecule has 0 atom stereocenters. The number of nitrogens with zero attached hydrogens (tertiary/aromatic N) is 4. The van der Waals surface area contributed by atoms with Crippen LogP contribution >= 0.6 is 0 Å². The molecule has 0 aliphatic carbocycles. The Balaban J connectivity index is 1.60. The summed E-state index contributed by atoms with van der Waals surface area (Å²) in [6.07, 6.45) is 4.28. The van der Waals surface area contributed by atoms with Crippen LogP contribution in [-0.2, 0) is 5.41 Å². The minimum absolute atomic E-state index is 0.270. The van der Waals surface area contributed by atoms with E-state index in [4.69, 9.17) is 0 Å². The second kappa shape index (κ2) is 5.37. The van der Waals surface area contributed by atoms with Gasteiger partial charge in [-0.05, 0) is 42.9 Å². The average Bonchev–Trinajstić information content (AvgIpc) is 2.97. The third kappa shape index (κ3) is 2.48. The van der Waals surface area contributed by atoms with E-state index >= 15 is 0 Å². The molecule has 1 fully saturated rings. The number of anilines is 1. The number of hydrogen-bond acceptors (Lipinski definition) is 3. The van der Waals surface area contributed by atoms with Crippen LogP contribution in [0.5, 0.6) is 0 Å². The second-order valence-electron chi connectivity index (χ2n) is 6.73. The van der Waals surface area contributed by atoms with Gasteiger partial charge < -0.3 is 4.90 Å². The molecular formula is C19H22N4. The molecule has 0 radical (unpaired) electrons. The summed E-state index contributed by atoms with van der Waals surface area (Å²) in [5.74, 6) is 0.823. The number of fused-ring (bicyclic) bond motifs is 1.